The number of nitrogens with one attached hydrogen (secondary N) is 1. The second kappa shape index (κ2) is 5.87. The van der Waals surface area contributed by atoms with Crippen molar-refractivity contribution in [2.45, 2.75) is 27.5 Å². The summed E-state index contributed by atoms with van der Waals surface area (Å²) in [4.78, 5) is 12.3. The molecule has 0 saturated heterocycles. The fourth-order valence-corrected chi connectivity index (χ4v) is 1.98. The predicted octanol–water partition coefficient (Wildman–Crippen LogP) is 1.48. The quantitative estimate of drug-likeness (QED) is 0.898. The summed E-state index contributed by atoms with van der Waals surface area (Å²) in [7, 11) is 1.82. The number of rotatable bonds is 5. The lowest BCUT2D eigenvalue weighted by atomic mass is 10.2. The summed E-state index contributed by atoms with van der Waals surface area (Å²) in [5, 5.41) is 11.2. The van der Waals surface area contributed by atoms with Gasteiger partial charge in [-0.25, -0.2) is 4.68 Å². The van der Waals surface area contributed by atoms with Crippen LogP contribution in [-0.4, -0.2) is 32.1 Å². The molecular formula is C13H19N5O2. The largest absolute Gasteiger partial charge is 0.360 e. The molecule has 0 spiro atoms. The zero-order valence-electron chi connectivity index (χ0n) is 12.2. The van der Waals surface area contributed by atoms with Crippen LogP contribution >= 0.6 is 0 Å². The first kappa shape index (κ1) is 14.3. The smallest absolute Gasteiger partial charge is 0.259 e. The molecule has 0 saturated carbocycles. The molecule has 20 heavy (non-hydrogen) atoms. The predicted molar refractivity (Wildman–Crippen MR) is 74.5 cm³/mol. The number of nitrogens with zero attached hydrogens (tertiary/aromatic N) is 4. The van der Waals surface area contributed by atoms with Crippen molar-refractivity contribution in [3.8, 4) is 0 Å². The molecule has 2 aromatic rings. The standard InChI is InChI=1S/C13H19N5O2/c1-5-20-8-18-7-11(6-14-18)15-13(19)12-9(2)16-17(4)10(12)3/h6-7H,5,8H2,1-4H3,(H,15,19). The lowest BCUT2D eigenvalue weighted by molar-refractivity contribution is 0.0792. The summed E-state index contributed by atoms with van der Waals surface area (Å²) >= 11 is 0. The normalized spacial score (nSPS) is 10.8. The number of carbonyl (C=O) groups excluding carboxylic acids is 1. The Balaban J connectivity index is 2.09. The molecule has 0 aliphatic rings. The molecule has 0 unspecified atom stereocenters. The van der Waals surface area contributed by atoms with Crippen LogP contribution in [0.4, 0.5) is 5.69 Å². The highest BCUT2D eigenvalue weighted by molar-refractivity contribution is 6.05. The zero-order chi connectivity index (χ0) is 14.7. The van der Waals surface area contributed by atoms with Gasteiger partial charge in [0.15, 0.2) is 0 Å². The molecule has 0 bridgehead atoms. The van der Waals surface area contributed by atoms with Crippen molar-refractivity contribution in [2.75, 3.05) is 11.9 Å². The van der Waals surface area contributed by atoms with Crippen LogP contribution < -0.4 is 5.32 Å². The second-order valence-electron chi connectivity index (χ2n) is 4.51. The maximum atomic E-state index is 12.3. The molecule has 0 aromatic carbocycles. The Labute approximate surface area is 117 Å². The fourth-order valence-electron chi connectivity index (χ4n) is 1.98. The van der Waals surface area contributed by atoms with E-state index in [2.05, 4.69) is 15.5 Å². The van der Waals surface area contributed by atoms with E-state index in [-0.39, 0.29) is 5.91 Å². The van der Waals surface area contributed by atoms with Gasteiger partial charge in [0.1, 0.15) is 6.73 Å². The lowest BCUT2D eigenvalue weighted by Crippen LogP contribution is -2.13. The van der Waals surface area contributed by atoms with Gasteiger partial charge in [-0.15, -0.1) is 0 Å². The average Bonchev–Trinajstić information content (AvgIpc) is 2.93. The molecule has 2 rings (SSSR count). The number of aryl methyl sites for hydroxylation is 2. The third kappa shape index (κ3) is 2.88. The molecule has 2 heterocycles. The zero-order valence-corrected chi connectivity index (χ0v) is 12.2. The molecule has 0 aliphatic heterocycles. The van der Waals surface area contributed by atoms with E-state index in [1.165, 1.54) is 0 Å². The van der Waals surface area contributed by atoms with Gasteiger partial charge in [0.2, 0.25) is 0 Å². The van der Waals surface area contributed by atoms with Gasteiger partial charge in [0, 0.05) is 19.3 Å². The minimum absolute atomic E-state index is 0.177. The topological polar surface area (TPSA) is 74.0 Å². The van der Waals surface area contributed by atoms with Crippen molar-refractivity contribution in [3.05, 3.63) is 29.3 Å². The summed E-state index contributed by atoms with van der Waals surface area (Å²) < 4.78 is 8.56. The Kier molecular flexibility index (Phi) is 4.19. The van der Waals surface area contributed by atoms with E-state index in [0.29, 0.717) is 30.3 Å². The SMILES string of the molecule is CCOCn1cc(NC(=O)c2c(C)nn(C)c2C)cn1. The minimum atomic E-state index is -0.177. The highest BCUT2D eigenvalue weighted by atomic mass is 16.5. The summed E-state index contributed by atoms with van der Waals surface area (Å²) in [6, 6.07) is 0. The molecule has 2 aromatic heterocycles. The monoisotopic (exact) mass is 277 g/mol. The Morgan fingerprint density at radius 3 is 2.80 bits per heavy atom. The Morgan fingerprint density at radius 2 is 2.20 bits per heavy atom. The number of amides is 1. The molecule has 0 aliphatic carbocycles. The summed E-state index contributed by atoms with van der Waals surface area (Å²) in [5.41, 5.74) is 2.79. The van der Waals surface area contributed by atoms with Crippen LogP contribution in [0.15, 0.2) is 12.4 Å². The van der Waals surface area contributed by atoms with Crippen LogP contribution in [0, 0.1) is 13.8 Å². The third-order valence-electron chi connectivity index (χ3n) is 3.05. The Hall–Kier alpha value is -2.15. The maximum Gasteiger partial charge on any atom is 0.259 e. The molecule has 1 amide bonds. The molecule has 0 atom stereocenters. The molecule has 0 fully saturated rings. The average molecular weight is 277 g/mol. The van der Waals surface area contributed by atoms with Crippen LogP contribution in [-0.2, 0) is 18.5 Å². The van der Waals surface area contributed by atoms with Gasteiger partial charge in [0.25, 0.3) is 5.91 Å². The van der Waals surface area contributed by atoms with Gasteiger partial charge in [-0.05, 0) is 20.8 Å². The van der Waals surface area contributed by atoms with E-state index in [9.17, 15) is 4.79 Å². The van der Waals surface area contributed by atoms with E-state index in [4.69, 9.17) is 4.74 Å². The summed E-state index contributed by atoms with van der Waals surface area (Å²) in [6.07, 6.45) is 3.33. The van der Waals surface area contributed by atoms with E-state index in [1.54, 1.807) is 21.8 Å². The summed E-state index contributed by atoms with van der Waals surface area (Å²) in [5.74, 6) is -0.177. The van der Waals surface area contributed by atoms with E-state index >= 15 is 0 Å². The van der Waals surface area contributed by atoms with Crippen molar-refractivity contribution < 1.29 is 9.53 Å². The molecule has 0 radical (unpaired) electrons. The first-order chi connectivity index (χ1) is 9.52. The molecule has 7 nitrogen and oxygen atoms in total. The van der Waals surface area contributed by atoms with Crippen LogP contribution in [0.25, 0.3) is 0 Å². The van der Waals surface area contributed by atoms with Gasteiger partial charge >= 0.3 is 0 Å². The fraction of sp³-hybridized carbons (Fsp3) is 0.462. The maximum absolute atomic E-state index is 12.3. The number of anilines is 1. The van der Waals surface area contributed by atoms with Gasteiger partial charge < -0.3 is 10.1 Å². The van der Waals surface area contributed by atoms with Crippen molar-refractivity contribution in [3.63, 3.8) is 0 Å². The Morgan fingerprint density at radius 1 is 1.45 bits per heavy atom. The molecule has 7 heteroatoms. The minimum Gasteiger partial charge on any atom is -0.360 e. The molecule has 108 valence electrons. The lowest BCUT2D eigenvalue weighted by Gasteiger charge is -2.03. The Bertz CT molecular complexity index is 614. The number of hydrogen-bond donors (Lipinski definition) is 1. The second-order valence-corrected chi connectivity index (χ2v) is 4.51. The van der Waals surface area contributed by atoms with Crippen LogP contribution in [0.1, 0.15) is 28.7 Å². The summed E-state index contributed by atoms with van der Waals surface area (Å²) in [6.45, 7) is 6.60. The van der Waals surface area contributed by atoms with E-state index in [1.807, 2.05) is 27.8 Å². The van der Waals surface area contributed by atoms with Crippen molar-refractivity contribution >= 4 is 11.6 Å². The molecule has 1 N–H and O–H groups in total. The van der Waals surface area contributed by atoms with Crippen LogP contribution in [0.3, 0.4) is 0 Å². The first-order valence-corrected chi connectivity index (χ1v) is 6.44. The van der Waals surface area contributed by atoms with Crippen LogP contribution in [0.5, 0.6) is 0 Å². The van der Waals surface area contributed by atoms with Crippen molar-refractivity contribution in [1.29, 1.82) is 0 Å². The van der Waals surface area contributed by atoms with E-state index < -0.39 is 0 Å². The third-order valence-corrected chi connectivity index (χ3v) is 3.05. The highest BCUT2D eigenvalue weighted by Crippen LogP contribution is 2.14. The number of ether oxygens (including phenoxy) is 1. The highest BCUT2D eigenvalue weighted by Gasteiger charge is 2.17. The van der Waals surface area contributed by atoms with Gasteiger partial charge in [-0.1, -0.05) is 0 Å². The van der Waals surface area contributed by atoms with Gasteiger partial charge in [0.05, 0.1) is 29.3 Å². The molecular weight excluding hydrogens is 258 g/mol. The van der Waals surface area contributed by atoms with E-state index in [0.717, 1.165) is 5.69 Å². The van der Waals surface area contributed by atoms with Gasteiger partial charge in [-0.3, -0.25) is 9.48 Å². The number of aromatic nitrogens is 4. The first-order valence-electron chi connectivity index (χ1n) is 6.44. The van der Waals surface area contributed by atoms with Gasteiger partial charge in [-0.2, -0.15) is 10.2 Å². The van der Waals surface area contributed by atoms with Crippen molar-refractivity contribution in [2.24, 2.45) is 7.05 Å². The van der Waals surface area contributed by atoms with Crippen LogP contribution in [0.2, 0.25) is 0 Å². The number of hydrogen-bond acceptors (Lipinski definition) is 4. The number of carbonyl (C=O) groups is 1. The van der Waals surface area contributed by atoms with Crippen molar-refractivity contribution in [1.82, 2.24) is 19.6 Å².